The molecule has 1 atom stereocenters. The van der Waals surface area contributed by atoms with Gasteiger partial charge in [-0.3, -0.25) is 0 Å². The largest absolute Gasteiger partial charge is 0.478 e. The summed E-state index contributed by atoms with van der Waals surface area (Å²) in [6, 6.07) is 3.25. The van der Waals surface area contributed by atoms with Crippen molar-refractivity contribution in [3.8, 4) is 0 Å². The van der Waals surface area contributed by atoms with Crippen LogP contribution in [0.5, 0.6) is 0 Å². The summed E-state index contributed by atoms with van der Waals surface area (Å²) >= 11 is 1.97. The van der Waals surface area contributed by atoms with E-state index in [-0.39, 0.29) is 5.56 Å². The van der Waals surface area contributed by atoms with Crippen LogP contribution in [0.15, 0.2) is 18.3 Å². The number of aromatic nitrogens is 3. The molecule has 0 amide bonds. The number of fused-ring (bicyclic) bond motifs is 1. The summed E-state index contributed by atoms with van der Waals surface area (Å²) in [4.78, 5) is 15.5. The lowest BCUT2D eigenvalue weighted by Crippen LogP contribution is -2.13. The van der Waals surface area contributed by atoms with Gasteiger partial charge in [-0.1, -0.05) is 6.42 Å². The van der Waals surface area contributed by atoms with Crippen molar-refractivity contribution >= 4 is 23.4 Å². The van der Waals surface area contributed by atoms with E-state index < -0.39 is 5.97 Å². The Kier molecular flexibility index (Phi) is 3.42. The van der Waals surface area contributed by atoms with Gasteiger partial charge in [0.2, 0.25) is 0 Å². The molecule has 1 unspecified atom stereocenters. The van der Waals surface area contributed by atoms with Crippen molar-refractivity contribution in [1.29, 1.82) is 0 Å². The molecule has 100 valence electrons. The molecule has 2 aromatic heterocycles. The maximum atomic E-state index is 11.1. The number of rotatable bonds is 3. The van der Waals surface area contributed by atoms with Gasteiger partial charge in [-0.25, -0.2) is 14.3 Å². The highest BCUT2D eigenvalue weighted by atomic mass is 32.2. The summed E-state index contributed by atoms with van der Waals surface area (Å²) in [5.74, 6) is 0.989. The fourth-order valence-electron chi connectivity index (χ4n) is 2.38. The lowest BCUT2D eigenvalue weighted by Gasteiger charge is -2.19. The summed E-state index contributed by atoms with van der Waals surface area (Å²) in [5.41, 5.74) is 0.642. The van der Waals surface area contributed by atoms with Crippen LogP contribution in [-0.4, -0.2) is 36.7 Å². The molecule has 5 nitrogen and oxygen atoms in total. The molecule has 1 saturated heterocycles. The normalized spacial score (nSPS) is 19.7. The predicted molar refractivity (Wildman–Crippen MR) is 73.7 cm³/mol. The Morgan fingerprint density at radius 2 is 2.42 bits per heavy atom. The molecule has 0 aliphatic carbocycles. The van der Waals surface area contributed by atoms with Crippen molar-refractivity contribution in [2.24, 2.45) is 0 Å². The average molecular weight is 277 g/mol. The minimum absolute atomic E-state index is 0.206. The summed E-state index contributed by atoms with van der Waals surface area (Å²) in [7, 11) is 0. The van der Waals surface area contributed by atoms with E-state index in [0.29, 0.717) is 10.9 Å². The number of nitrogens with zero attached hydrogens (tertiary/aromatic N) is 3. The number of thioether (sulfide) groups is 1. The number of hydrogen-bond donors (Lipinski definition) is 1. The van der Waals surface area contributed by atoms with Crippen LogP contribution in [0.1, 0.15) is 35.4 Å². The average Bonchev–Trinajstić information content (AvgIpc) is 2.81. The Hall–Kier alpha value is -1.56. The van der Waals surface area contributed by atoms with Crippen molar-refractivity contribution in [3.05, 3.63) is 29.7 Å². The van der Waals surface area contributed by atoms with Crippen molar-refractivity contribution in [2.45, 2.75) is 30.9 Å². The van der Waals surface area contributed by atoms with Gasteiger partial charge >= 0.3 is 5.97 Å². The van der Waals surface area contributed by atoms with Crippen LogP contribution in [0, 0.1) is 0 Å². The van der Waals surface area contributed by atoms with Crippen LogP contribution in [0.3, 0.4) is 0 Å². The SMILES string of the molecule is O=C(O)c1cccn2nc(CC3CCCCS3)nc12. The van der Waals surface area contributed by atoms with Crippen LogP contribution in [-0.2, 0) is 6.42 Å². The highest BCUT2D eigenvalue weighted by Crippen LogP contribution is 2.27. The molecule has 6 heteroatoms. The van der Waals surface area contributed by atoms with Crippen LogP contribution >= 0.6 is 11.8 Å². The lowest BCUT2D eigenvalue weighted by molar-refractivity contribution is 0.0698. The van der Waals surface area contributed by atoms with Gasteiger partial charge in [-0.2, -0.15) is 16.9 Å². The Morgan fingerprint density at radius 3 is 3.16 bits per heavy atom. The topological polar surface area (TPSA) is 67.5 Å². The number of pyridine rings is 1. The Balaban J connectivity index is 1.88. The van der Waals surface area contributed by atoms with Crippen molar-refractivity contribution in [1.82, 2.24) is 14.6 Å². The van der Waals surface area contributed by atoms with Gasteiger partial charge in [-0.05, 0) is 30.7 Å². The molecule has 1 aliphatic heterocycles. The molecule has 3 rings (SSSR count). The molecule has 19 heavy (non-hydrogen) atoms. The number of aromatic carboxylic acids is 1. The lowest BCUT2D eigenvalue weighted by atomic mass is 10.1. The zero-order valence-electron chi connectivity index (χ0n) is 10.5. The van der Waals surface area contributed by atoms with Crippen LogP contribution in [0.2, 0.25) is 0 Å². The number of carboxylic acid groups (broad SMARTS) is 1. The molecule has 0 radical (unpaired) electrons. The second-order valence-electron chi connectivity index (χ2n) is 4.72. The van der Waals surface area contributed by atoms with Gasteiger partial charge in [0, 0.05) is 17.9 Å². The van der Waals surface area contributed by atoms with Gasteiger partial charge in [0.05, 0.1) is 0 Å². The maximum Gasteiger partial charge on any atom is 0.339 e. The van der Waals surface area contributed by atoms with Gasteiger partial charge in [0.15, 0.2) is 11.5 Å². The third kappa shape index (κ3) is 2.58. The summed E-state index contributed by atoms with van der Waals surface area (Å²) in [6.45, 7) is 0. The quantitative estimate of drug-likeness (QED) is 0.932. The molecule has 0 aromatic carbocycles. The second kappa shape index (κ2) is 5.21. The minimum Gasteiger partial charge on any atom is -0.478 e. The summed E-state index contributed by atoms with van der Waals surface area (Å²) < 4.78 is 1.56. The van der Waals surface area contributed by atoms with E-state index in [9.17, 15) is 4.79 Å². The smallest absolute Gasteiger partial charge is 0.339 e. The van der Waals surface area contributed by atoms with Gasteiger partial charge < -0.3 is 5.11 Å². The molecule has 1 aliphatic rings. The highest BCUT2D eigenvalue weighted by Gasteiger charge is 2.18. The second-order valence-corrected chi connectivity index (χ2v) is 6.12. The zero-order chi connectivity index (χ0) is 13.2. The van der Waals surface area contributed by atoms with Crippen molar-refractivity contribution < 1.29 is 9.90 Å². The molecule has 0 saturated carbocycles. The first-order chi connectivity index (χ1) is 9.24. The van der Waals surface area contributed by atoms with E-state index in [1.165, 1.54) is 25.0 Å². The number of carbonyl (C=O) groups is 1. The van der Waals surface area contributed by atoms with E-state index in [1.54, 1.807) is 22.8 Å². The van der Waals surface area contributed by atoms with Gasteiger partial charge in [0.1, 0.15) is 5.56 Å². The monoisotopic (exact) mass is 277 g/mol. The zero-order valence-corrected chi connectivity index (χ0v) is 11.3. The number of carboxylic acids is 1. The first-order valence-electron chi connectivity index (χ1n) is 6.43. The van der Waals surface area contributed by atoms with Gasteiger partial charge in [-0.15, -0.1) is 0 Å². The maximum absolute atomic E-state index is 11.1. The molecule has 3 heterocycles. The molecule has 0 spiro atoms. The Bertz CT molecular complexity index is 605. The molecule has 0 bridgehead atoms. The van der Waals surface area contributed by atoms with Crippen molar-refractivity contribution in [3.63, 3.8) is 0 Å². The Morgan fingerprint density at radius 1 is 1.53 bits per heavy atom. The Labute approximate surface area is 115 Å². The standard InChI is InChI=1S/C13H15N3O2S/c17-13(18)10-5-3-6-16-12(10)14-11(15-16)8-9-4-1-2-7-19-9/h3,5-6,9H,1-2,4,7-8H2,(H,17,18). The van der Waals surface area contributed by atoms with Crippen LogP contribution in [0.25, 0.3) is 5.65 Å². The predicted octanol–water partition coefficient (Wildman–Crippen LogP) is 2.26. The fraction of sp³-hybridized carbons (Fsp3) is 0.462. The third-order valence-corrected chi connectivity index (χ3v) is 4.72. The fourth-order valence-corrected chi connectivity index (χ4v) is 3.68. The minimum atomic E-state index is -0.961. The van der Waals surface area contributed by atoms with Crippen molar-refractivity contribution in [2.75, 3.05) is 5.75 Å². The summed E-state index contributed by atoms with van der Waals surface area (Å²) in [5, 5.41) is 14.1. The molecule has 2 aromatic rings. The highest BCUT2D eigenvalue weighted by molar-refractivity contribution is 7.99. The molecule has 1 fully saturated rings. The summed E-state index contributed by atoms with van der Waals surface area (Å²) in [6.07, 6.45) is 6.33. The van der Waals surface area contributed by atoms with Crippen LogP contribution < -0.4 is 0 Å². The van der Waals surface area contributed by atoms with E-state index >= 15 is 0 Å². The van der Waals surface area contributed by atoms with E-state index in [4.69, 9.17) is 5.11 Å². The van der Waals surface area contributed by atoms with E-state index in [0.717, 1.165) is 12.2 Å². The third-order valence-electron chi connectivity index (χ3n) is 3.32. The molecular weight excluding hydrogens is 262 g/mol. The first kappa shape index (κ1) is 12.5. The molecular formula is C13H15N3O2S. The first-order valence-corrected chi connectivity index (χ1v) is 7.48. The van der Waals surface area contributed by atoms with E-state index in [1.807, 2.05) is 11.8 Å². The molecule has 1 N–H and O–H groups in total. The number of hydrogen-bond acceptors (Lipinski definition) is 4. The van der Waals surface area contributed by atoms with E-state index in [2.05, 4.69) is 10.1 Å². The van der Waals surface area contributed by atoms with Gasteiger partial charge in [0.25, 0.3) is 0 Å². The van der Waals surface area contributed by atoms with Crippen LogP contribution in [0.4, 0.5) is 0 Å².